The molecule has 12 heavy (non-hydrogen) atoms. The molecule has 0 fully saturated rings. The number of hydrogen-bond donors (Lipinski definition) is 0. The SMILES string of the molecule is CSC1CCc2ccccc2C1. The van der Waals surface area contributed by atoms with Gasteiger partial charge in [-0.15, -0.1) is 0 Å². The summed E-state index contributed by atoms with van der Waals surface area (Å²) in [5.41, 5.74) is 3.14. The summed E-state index contributed by atoms with van der Waals surface area (Å²) in [7, 11) is 0. The molecule has 1 heteroatoms. The Labute approximate surface area is 78.4 Å². The van der Waals surface area contributed by atoms with Gasteiger partial charge in [0.25, 0.3) is 0 Å². The summed E-state index contributed by atoms with van der Waals surface area (Å²) in [6, 6.07) is 8.85. The van der Waals surface area contributed by atoms with E-state index < -0.39 is 0 Å². The van der Waals surface area contributed by atoms with Gasteiger partial charge in [0.15, 0.2) is 0 Å². The quantitative estimate of drug-likeness (QED) is 0.637. The van der Waals surface area contributed by atoms with Crippen LogP contribution in [0.15, 0.2) is 24.3 Å². The molecule has 0 bridgehead atoms. The maximum atomic E-state index is 2.28. The third-order valence-electron chi connectivity index (χ3n) is 2.63. The maximum Gasteiger partial charge on any atom is 0.00879 e. The van der Waals surface area contributed by atoms with E-state index in [4.69, 9.17) is 0 Å². The molecule has 0 amide bonds. The highest BCUT2D eigenvalue weighted by molar-refractivity contribution is 7.99. The van der Waals surface area contributed by atoms with Crippen LogP contribution in [-0.2, 0) is 12.8 Å². The number of thioether (sulfide) groups is 1. The van der Waals surface area contributed by atoms with Gasteiger partial charge in [-0.1, -0.05) is 24.3 Å². The van der Waals surface area contributed by atoms with Crippen LogP contribution in [0.1, 0.15) is 17.5 Å². The summed E-state index contributed by atoms with van der Waals surface area (Å²) in [6.07, 6.45) is 6.13. The van der Waals surface area contributed by atoms with Crippen molar-refractivity contribution in [3.8, 4) is 0 Å². The lowest BCUT2D eigenvalue weighted by Crippen LogP contribution is -2.15. The Morgan fingerprint density at radius 2 is 2.00 bits per heavy atom. The van der Waals surface area contributed by atoms with Crippen molar-refractivity contribution in [3.63, 3.8) is 0 Å². The summed E-state index contributed by atoms with van der Waals surface area (Å²) in [4.78, 5) is 0. The average Bonchev–Trinajstić information content (AvgIpc) is 2.17. The third kappa shape index (κ3) is 1.51. The molecule has 0 N–H and O–H groups in total. The lowest BCUT2D eigenvalue weighted by Gasteiger charge is -2.22. The Morgan fingerprint density at radius 1 is 1.25 bits per heavy atom. The molecule has 2 rings (SSSR count). The first kappa shape index (κ1) is 8.18. The molecule has 0 aliphatic heterocycles. The van der Waals surface area contributed by atoms with Crippen molar-refractivity contribution >= 4 is 11.8 Å². The highest BCUT2D eigenvalue weighted by atomic mass is 32.2. The molecule has 0 spiro atoms. The number of benzene rings is 1. The molecule has 1 aliphatic carbocycles. The zero-order valence-electron chi connectivity index (χ0n) is 7.42. The van der Waals surface area contributed by atoms with Crippen LogP contribution in [0.4, 0.5) is 0 Å². The second-order valence-corrected chi connectivity index (χ2v) is 4.51. The summed E-state index contributed by atoms with van der Waals surface area (Å²) < 4.78 is 0. The van der Waals surface area contributed by atoms with Crippen LogP contribution in [0.5, 0.6) is 0 Å². The van der Waals surface area contributed by atoms with Gasteiger partial charge in [-0.3, -0.25) is 0 Å². The molecule has 0 radical (unpaired) electrons. The Balaban J connectivity index is 2.23. The average molecular weight is 178 g/mol. The van der Waals surface area contributed by atoms with Crippen molar-refractivity contribution in [1.29, 1.82) is 0 Å². The van der Waals surface area contributed by atoms with Gasteiger partial charge in [0.2, 0.25) is 0 Å². The van der Waals surface area contributed by atoms with Crippen LogP contribution >= 0.6 is 11.8 Å². The smallest absolute Gasteiger partial charge is 0.00879 e. The van der Waals surface area contributed by atoms with Gasteiger partial charge in [-0.05, 0) is 36.6 Å². The predicted molar refractivity (Wildman–Crippen MR) is 55.8 cm³/mol. The Hall–Kier alpha value is -0.430. The molecule has 0 saturated heterocycles. The highest BCUT2D eigenvalue weighted by Crippen LogP contribution is 2.27. The van der Waals surface area contributed by atoms with Gasteiger partial charge in [0, 0.05) is 5.25 Å². The topological polar surface area (TPSA) is 0 Å². The molecule has 64 valence electrons. The van der Waals surface area contributed by atoms with Gasteiger partial charge in [0.05, 0.1) is 0 Å². The van der Waals surface area contributed by atoms with E-state index >= 15 is 0 Å². The molecule has 0 saturated carbocycles. The molecule has 0 nitrogen and oxygen atoms in total. The summed E-state index contributed by atoms with van der Waals surface area (Å²) in [6.45, 7) is 0. The molecule has 0 aromatic heterocycles. The van der Waals surface area contributed by atoms with E-state index in [1.807, 2.05) is 11.8 Å². The minimum Gasteiger partial charge on any atom is -0.162 e. The first-order valence-corrected chi connectivity index (χ1v) is 5.78. The third-order valence-corrected chi connectivity index (χ3v) is 3.70. The van der Waals surface area contributed by atoms with Crippen molar-refractivity contribution in [3.05, 3.63) is 35.4 Å². The molecule has 1 atom stereocenters. The second-order valence-electron chi connectivity index (χ2n) is 3.37. The number of rotatable bonds is 1. The van der Waals surface area contributed by atoms with Gasteiger partial charge in [-0.25, -0.2) is 0 Å². The standard InChI is InChI=1S/C11H14S/c1-12-11-7-6-9-4-2-3-5-10(9)8-11/h2-5,11H,6-8H2,1H3. The van der Waals surface area contributed by atoms with Crippen LogP contribution in [-0.4, -0.2) is 11.5 Å². The molecule has 1 aliphatic rings. The molecule has 0 heterocycles. The van der Waals surface area contributed by atoms with Crippen molar-refractivity contribution in [2.75, 3.05) is 6.26 Å². The number of fused-ring (bicyclic) bond motifs is 1. The van der Waals surface area contributed by atoms with E-state index in [1.165, 1.54) is 19.3 Å². The van der Waals surface area contributed by atoms with Crippen LogP contribution in [0, 0.1) is 0 Å². The first-order chi connectivity index (χ1) is 5.90. The van der Waals surface area contributed by atoms with Crippen molar-refractivity contribution in [1.82, 2.24) is 0 Å². The molecule has 1 unspecified atom stereocenters. The van der Waals surface area contributed by atoms with Gasteiger partial charge in [-0.2, -0.15) is 11.8 Å². The Kier molecular flexibility index (Phi) is 2.40. The molecule has 1 aromatic carbocycles. The maximum absolute atomic E-state index is 2.28. The van der Waals surface area contributed by atoms with E-state index in [1.54, 1.807) is 11.1 Å². The fourth-order valence-corrected chi connectivity index (χ4v) is 2.57. The lowest BCUT2D eigenvalue weighted by molar-refractivity contribution is 0.704. The Morgan fingerprint density at radius 3 is 2.75 bits per heavy atom. The summed E-state index contributed by atoms with van der Waals surface area (Å²) in [5, 5.41) is 0.861. The minimum atomic E-state index is 0.861. The molecular formula is C11H14S. The van der Waals surface area contributed by atoms with Gasteiger partial charge >= 0.3 is 0 Å². The zero-order chi connectivity index (χ0) is 8.39. The minimum absolute atomic E-state index is 0.861. The molecular weight excluding hydrogens is 164 g/mol. The van der Waals surface area contributed by atoms with Crippen LogP contribution < -0.4 is 0 Å². The summed E-state index contributed by atoms with van der Waals surface area (Å²) >= 11 is 2.01. The van der Waals surface area contributed by atoms with E-state index in [2.05, 4.69) is 30.5 Å². The lowest BCUT2D eigenvalue weighted by atomic mass is 9.92. The fraction of sp³-hybridized carbons (Fsp3) is 0.455. The van der Waals surface area contributed by atoms with Crippen LogP contribution in [0.3, 0.4) is 0 Å². The highest BCUT2D eigenvalue weighted by Gasteiger charge is 2.16. The fourth-order valence-electron chi connectivity index (χ4n) is 1.87. The van der Waals surface area contributed by atoms with Gasteiger partial charge < -0.3 is 0 Å². The van der Waals surface area contributed by atoms with Gasteiger partial charge in [0.1, 0.15) is 0 Å². The molecule has 1 aromatic rings. The van der Waals surface area contributed by atoms with E-state index in [-0.39, 0.29) is 0 Å². The van der Waals surface area contributed by atoms with Crippen molar-refractivity contribution < 1.29 is 0 Å². The van der Waals surface area contributed by atoms with Crippen LogP contribution in [0.2, 0.25) is 0 Å². The normalized spacial score (nSPS) is 21.9. The number of hydrogen-bond acceptors (Lipinski definition) is 1. The van der Waals surface area contributed by atoms with E-state index in [0.717, 1.165) is 5.25 Å². The second kappa shape index (κ2) is 3.53. The zero-order valence-corrected chi connectivity index (χ0v) is 8.23. The van der Waals surface area contributed by atoms with Crippen molar-refractivity contribution in [2.45, 2.75) is 24.5 Å². The van der Waals surface area contributed by atoms with Crippen LogP contribution in [0.25, 0.3) is 0 Å². The number of aryl methyl sites for hydroxylation is 1. The monoisotopic (exact) mass is 178 g/mol. The van der Waals surface area contributed by atoms with E-state index in [9.17, 15) is 0 Å². The predicted octanol–water partition coefficient (Wildman–Crippen LogP) is 2.91. The van der Waals surface area contributed by atoms with E-state index in [0.29, 0.717) is 0 Å². The first-order valence-electron chi connectivity index (χ1n) is 4.49. The largest absolute Gasteiger partial charge is 0.162 e. The summed E-state index contributed by atoms with van der Waals surface area (Å²) in [5.74, 6) is 0. The Bertz CT molecular complexity index is 267. The van der Waals surface area contributed by atoms with Crippen molar-refractivity contribution in [2.24, 2.45) is 0 Å².